The summed E-state index contributed by atoms with van der Waals surface area (Å²) in [5, 5.41) is 2.75. The Morgan fingerprint density at radius 3 is 2.50 bits per heavy atom. The van der Waals surface area contributed by atoms with Crippen molar-refractivity contribution < 1.29 is 4.79 Å². The number of hydrogen-bond donors (Lipinski definition) is 4. The van der Waals surface area contributed by atoms with E-state index in [1.54, 1.807) is 6.92 Å². The van der Waals surface area contributed by atoms with Gasteiger partial charge < -0.3 is 16.5 Å². The molecule has 1 unspecified atom stereocenters. The molecule has 0 aliphatic rings. The lowest BCUT2D eigenvalue weighted by atomic mass is 10.3. The van der Waals surface area contributed by atoms with E-state index in [2.05, 4.69) is 23.0 Å². The van der Waals surface area contributed by atoms with E-state index >= 15 is 0 Å². The summed E-state index contributed by atoms with van der Waals surface area (Å²) in [6, 6.07) is -0.497. The summed E-state index contributed by atoms with van der Waals surface area (Å²) < 4.78 is 0. The van der Waals surface area contributed by atoms with E-state index in [0.29, 0.717) is 0 Å². The van der Waals surface area contributed by atoms with Gasteiger partial charge in [-0.2, -0.15) is 0 Å². The maximum absolute atomic E-state index is 10.4. The highest BCUT2D eigenvalue weighted by Gasteiger charge is 2.07. The van der Waals surface area contributed by atoms with Gasteiger partial charge in [-0.15, -0.1) is 0 Å². The maximum Gasteiger partial charge on any atom is 0.239 e. The lowest BCUT2D eigenvalue weighted by molar-refractivity contribution is -0.119. The van der Waals surface area contributed by atoms with E-state index in [1.807, 2.05) is 0 Å². The van der Waals surface area contributed by atoms with Crippen LogP contribution in [0.3, 0.4) is 0 Å². The van der Waals surface area contributed by atoms with Gasteiger partial charge in [0.1, 0.15) is 6.04 Å². The molecule has 0 radical (unpaired) electrons. The Balaban J connectivity index is 3.68. The lowest BCUT2D eigenvalue weighted by Gasteiger charge is -2.10. The first-order valence-electron chi connectivity index (χ1n) is 2.64. The normalized spacial score (nSPS) is 11.8. The van der Waals surface area contributed by atoms with E-state index in [9.17, 15) is 4.79 Å². The zero-order valence-electron chi connectivity index (χ0n) is 5.55. The molecule has 0 bridgehead atoms. The van der Waals surface area contributed by atoms with Gasteiger partial charge in [0.05, 0.1) is 0 Å². The Hall–Kier alpha value is -0.880. The minimum atomic E-state index is -0.497. The number of primary amides is 1. The number of nitrogens with one attached hydrogen (secondary N) is 2. The summed E-state index contributed by atoms with van der Waals surface area (Å²) in [5.41, 5.74) is 7.07. The molecule has 0 aliphatic heterocycles. The van der Waals surface area contributed by atoms with E-state index in [-0.39, 0.29) is 5.11 Å². The molecule has 0 saturated carbocycles. The first-order valence-corrected chi connectivity index (χ1v) is 3.05. The predicted octanol–water partition coefficient (Wildman–Crippen LogP) is -1.80. The molecule has 10 heavy (non-hydrogen) atoms. The number of hydrogen-bond acceptors (Lipinski definition) is 3. The van der Waals surface area contributed by atoms with Gasteiger partial charge in [-0.1, -0.05) is 0 Å². The second-order valence-corrected chi connectivity index (χ2v) is 2.15. The van der Waals surface area contributed by atoms with Gasteiger partial charge in [0.25, 0.3) is 0 Å². The van der Waals surface area contributed by atoms with Crippen molar-refractivity contribution in [3.63, 3.8) is 0 Å². The predicted molar refractivity (Wildman–Crippen MR) is 41.7 cm³/mol. The average molecular weight is 162 g/mol. The number of amides is 1. The Bertz CT molecular complexity index is 148. The fraction of sp³-hybridized carbons (Fsp3) is 0.500. The Morgan fingerprint density at radius 1 is 1.70 bits per heavy atom. The number of carbonyl (C=O) groups is 1. The number of hydrazine groups is 1. The third-order valence-electron chi connectivity index (χ3n) is 0.905. The lowest BCUT2D eigenvalue weighted by Crippen LogP contribution is -2.48. The standard InChI is InChI=1S/C4H10N4OS/c1-2(3(5)9)7-4(10)8-6/h2H,6H2,1H3,(H2,5,9)(H2,7,8,10). The second-order valence-electron chi connectivity index (χ2n) is 1.74. The molecule has 0 saturated heterocycles. The molecule has 1 amide bonds. The summed E-state index contributed by atoms with van der Waals surface area (Å²) in [6.07, 6.45) is 0. The molecule has 6 N–H and O–H groups in total. The van der Waals surface area contributed by atoms with Gasteiger partial charge in [-0.3, -0.25) is 4.79 Å². The van der Waals surface area contributed by atoms with Gasteiger partial charge in [0.15, 0.2) is 5.11 Å². The number of nitrogens with two attached hydrogens (primary N) is 2. The average Bonchev–Trinajstić information content (AvgIpc) is 1.87. The Kier molecular flexibility index (Phi) is 3.67. The molecule has 0 aromatic heterocycles. The largest absolute Gasteiger partial charge is 0.368 e. The summed E-state index contributed by atoms with van der Waals surface area (Å²) in [6.45, 7) is 1.59. The molecule has 0 aromatic rings. The Morgan fingerprint density at radius 2 is 2.20 bits per heavy atom. The van der Waals surface area contributed by atoms with Crippen LogP contribution >= 0.6 is 12.2 Å². The molecule has 0 rings (SSSR count). The fourth-order valence-corrected chi connectivity index (χ4v) is 0.486. The van der Waals surface area contributed by atoms with Crippen molar-refractivity contribution in [2.75, 3.05) is 0 Å². The number of carbonyl (C=O) groups excluding carboxylic acids is 1. The van der Waals surface area contributed by atoms with Crippen LogP contribution in [0.2, 0.25) is 0 Å². The molecular weight excluding hydrogens is 152 g/mol. The third-order valence-corrected chi connectivity index (χ3v) is 1.14. The van der Waals surface area contributed by atoms with Crippen molar-refractivity contribution in [3.05, 3.63) is 0 Å². The van der Waals surface area contributed by atoms with E-state index in [4.69, 9.17) is 11.6 Å². The zero-order chi connectivity index (χ0) is 8.15. The van der Waals surface area contributed by atoms with Gasteiger partial charge in [-0.05, 0) is 19.1 Å². The van der Waals surface area contributed by atoms with Crippen molar-refractivity contribution in [3.8, 4) is 0 Å². The summed E-state index contributed by atoms with van der Waals surface area (Å²) >= 11 is 4.60. The molecule has 0 fully saturated rings. The van der Waals surface area contributed by atoms with E-state index in [0.717, 1.165) is 0 Å². The van der Waals surface area contributed by atoms with Crippen molar-refractivity contribution >= 4 is 23.2 Å². The first-order chi connectivity index (χ1) is 4.57. The molecular formula is C4H10N4OS. The minimum absolute atomic E-state index is 0.200. The van der Waals surface area contributed by atoms with Crippen LogP contribution in [0.15, 0.2) is 0 Å². The van der Waals surface area contributed by atoms with Gasteiger partial charge in [0.2, 0.25) is 5.91 Å². The Labute approximate surface area is 64.1 Å². The van der Waals surface area contributed by atoms with Crippen LogP contribution in [0.25, 0.3) is 0 Å². The summed E-state index contributed by atoms with van der Waals surface area (Å²) in [5.74, 6) is 4.44. The van der Waals surface area contributed by atoms with Crippen molar-refractivity contribution in [2.45, 2.75) is 13.0 Å². The van der Waals surface area contributed by atoms with Crippen molar-refractivity contribution in [1.82, 2.24) is 10.7 Å². The molecule has 6 heteroatoms. The first kappa shape index (κ1) is 9.12. The highest BCUT2D eigenvalue weighted by molar-refractivity contribution is 7.80. The van der Waals surface area contributed by atoms with Crippen LogP contribution < -0.4 is 22.3 Å². The van der Waals surface area contributed by atoms with Gasteiger partial charge in [0, 0.05) is 0 Å². The highest BCUT2D eigenvalue weighted by Crippen LogP contribution is 1.76. The SMILES string of the molecule is CC(NC(=S)NN)C(N)=O. The highest BCUT2D eigenvalue weighted by atomic mass is 32.1. The topological polar surface area (TPSA) is 93.2 Å². The van der Waals surface area contributed by atoms with Crippen molar-refractivity contribution in [2.24, 2.45) is 11.6 Å². The van der Waals surface area contributed by atoms with Gasteiger partial charge >= 0.3 is 0 Å². The number of rotatable bonds is 2. The smallest absolute Gasteiger partial charge is 0.239 e. The van der Waals surface area contributed by atoms with Crippen molar-refractivity contribution in [1.29, 1.82) is 0 Å². The zero-order valence-corrected chi connectivity index (χ0v) is 6.37. The van der Waals surface area contributed by atoms with Crippen LogP contribution in [0.5, 0.6) is 0 Å². The molecule has 0 aliphatic carbocycles. The maximum atomic E-state index is 10.4. The molecule has 0 spiro atoms. The minimum Gasteiger partial charge on any atom is -0.368 e. The van der Waals surface area contributed by atoms with Crippen LogP contribution in [-0.4, -0.2) is 17.1 Å². The second kappa shape index (κ2) is 4.02. The van der Waals surface area contributed by atoms with Crippen LogP contribution in [0.1, 0.15) is 6.92 Å². The van der Waals surface area contributed by atoms with E-state index in [1.165, 1.54) is 0 Å². The molecule has 5 nitrogen and oxygen atoms in total. The fourth-order valence-electron chi connectivity index (χ4n) is 0.309. The van der Waals surface area contributed by atoms with Crippen LogP contribution in [0.4, 0.5) is 0 Å². The van der Waals surface area contributed by atoms with Gasteiger partial charge in [-0.25, -0.2) is 5.84 Å². The number of thiocarbonyl (C=S) groups is 1. The van der Waals surface area contributed by atoms with Crippen LogP contribution in [0, 0.1) is 0 Å². The monoisotopic (exact) mass is 162 g/mol. The molecule has 0 aromatic carbocycles. The molecule has 1 atom stereocenters. The molecule has 58 valence electrons. The quantitative estimate of drug-likeness (QED) is 0.218. The third kappa shape index (κ3) is 3.21. The van der Waals surface area contributed by atoms with E-state index < -0.39 is 11.9 Å². The van der Waals surface area contributed by atoms with Crippen LogP contribution in [-0.2, 0) is 4.79 Å². The summed E-state index contributed by atoms with van der Waals surface area (Å²) in [7, 11) is 0. The summed E-state index contributed by atoms with van der Waals surface area (Å²) in [4.78, 5) is 10.4. The molecule has 0 heterocycles.